The van der Waals surface area contributed by atoms with Crippen molar-refractivity contribution >= 4 is 11.6 Å². The van der Waals surface area contributed by atoms with E-state index in [1.165, 1.54) is 44.2 Å². The Morgan fingerprint density at radius 1 is 1.12 bits per heavy atom. The highest BCUT2D eigenvalue weighted by atomic mass is 35.5. The molecule has 0 N–H and O–H groups in total. The molecule has 17 heavy (non-hydrogen) atoms. The third kappa shape index (κ3) is 4.31. The van der Waals surface area contributed by atoms with Crippen LogP contribution >= 0.6 is 11.6 Å². The highest BCUT2D eigenvalue weighted by molar-refractivity contribution is 6.20. The van der Waals surface area contributed by atoms with Crippen molar-refractivity contribution in [3.8, 4) is 0 Å². The third-order valence-corrected chi connectivity index (χ3v) is 4.02. The van der Waals surface area contributed by atoms with E-state index in [-0.39, 0.29) is 11.2 Å². The van der Waals surface area contributed by atoms with Crippen molar-refractivity contribution < 1.29 is 4.39 Å². The van der Waals surface area contributed by atoms with Gasteiger partial charge in [-0.3, -0.25) is 0 Å². The molecular weight excluding hydrogens is 235 g/mol. The average Bonchev–Trinajstić information content (AvgIpc) is 2.33. The molecule has 0 spiro atoms. The van der Waals surface area contributed by atoms with E-state index < -0.39 is 0 Å². The molecule has 0 bridgehead atoms. The standard InChI is InChI=1S/C15H20ClF/c16-14(10-12-4-2-1-3-5-12)11-13-6-8-15(17)9-7-13/h6-9,12,14H,1-5,10-11H2. The first-order valence-electron chi connectivity index (χ1n) is 6.62. The van der Waals surface area contributed by atoms with Gasteiger partial charge in [-0.05, 0) is 36.5 Å². The second kappa shape index (κ2) is 6.39. The van der Waals surface area contributed by atoms with E-state index in [0.29, 0.717) is 0 Å². The van der Waals surface area contributed by atoms with E-state index >= 15 is 0 Å². The molecule has 1 unspecified atom stereocenters. The summed E-state index contributed by atoms with van der Waals surface area (Å²) in [4.78, 5) is 0. The van der Waals surface area contributed by atoms with Crippen LogP contribution in [0.4, 0.5) is 4.39 Å². The zero-order chi connectivity index (χ0) is 12.1. The van der Waals surface area contributed by atoms with Crippen LogP contribution in [-0.4, -0.2) is 5.38 Å². The van der Waals surface area contributed by atoms with Crippen molar-refractivity contribution in [1.82, 2.24) is 0 Å². The van der Waals surface area contributed by atoms with E-state index in [1.807, 2.05) is 12.1 Å². The molecule has 1 aliphatic carbocycles. The smallest absolute Gasteiger partial charge is 0.123 e. The predicted octanol–water partition coefficient (Wildman–Crippen LogP) is 4.95. The number of benzene rings is 1. The lowest BCUT2D eigenvalue weighted by Crippen LogP contribution is -2.14. The molecule has 0 heterocycles. The lowest BCUT2D eigenvalue weighted by atomic mass is 9.85. The quantitative estimate of drug-likeness (QED) is 0.667. The molecule has 1 fully saturated rings. The zero-order valence-corrected chi connectivity index (χ0v) is 10.9. The van der Waals surface area contributed by atoms with Crippen LogP contribution in [0.3, 0.4) is 0 Å². The number of alkyl halides is 1. The Balaban J connectivity index is 1.79. The summed E-state index contributed by atoms with van der Waals surface area (Å²) in [7, 11) is 0. The second-order valence-electron chi connectivity index (χ2n) is 5.17. The minimum atomic E-state index is -0.174. The number of hydrogen-bond donors (Lipinski definition) is 0. The molecule has 1 aliphatic rings. The Hall–Kier alpha value is -0.560. The van der Waals surface area contributed by atoms with Crippen LogP contribution in [0, 0.1) is 11.7 Å². The SMILES string of the molecule is Fc1ccc(CC(Cl)CC2CCCCC2)cc1. The second-order valence-corrected chi connectivity index (χ2v) is 5.78. The van der Waals surface area contributed by atoms with Crippen molar-refractivity contribution in [2.24, 2.45) is 5.92 Å². The maximum absolute atomic E-state index is 12.8. The van der Waals surface area contributed by atoms with E-state index in [9.17, 15) is 4.39 Å². The molecular formula is C15H20ClF. The average molecular weight is 255 g/mol. The monoisotopic (exact) mass is 254 g/mol. The van der Waals surface area contributed by atoms with Gasteiger partial charge in [-0.15, -0.1) is 11.6 Å². The number of hydrogen-bond acceptors (Lipinski definition) is 0. The molecule has 0 aliphatic heterocycles. The summed E-state index contributed by atoms with van der Waals surface area (Å²) >= 11 is 6.39. The summed E-state index contributed by atoms with van der Waals surface area (Å²) in [6.07, 6.45) is 8.77. The topological polar surface area (TPSA) is 0 Å². The van der Waals surface area contributed by atoms with Crippen molar-refractivity contribution in [2.75, 3.05) is 0 Å². The summed E-state index contributed by atoms with van der Waals surface area (Å²) in [6.45, 7) is 0. The largest absolute Gasteiger partial charge is 0.207 e. The molecule has 0 radical (unpaired) electrons. The summed E-state index contributed by atoms with van der Waals surface area (Å²) in [6, 6.07) is 6.70. The molecule has 1 aromatic rings. The van der Waals surface area contributed by atoms with E-state index in [0.717, 1.165) is 24.3 Å². The lowest BCUT2D eigenvalue weighted by Gasteiger charge is -2.23. The molecule has 0 aromatic heterocycles. The van der Waals surface area contributed by atoms with Gasteiger partial charge in [0.1, 0.15) is 5.82 Å². The molecule has 94 valence electrons. The first-order valence-corrected chi connectivity index (χ1v) is 7.06. The molecule has 2 heteroatoms. The van der Waals surface area contributed by atoms with Gasteiger partial charge in [0.05, 0.1) is 0 Å². The van der Waals surface area contributed by atoms with E-state index in [4.69, 9.17) is 11.6 Å². The van der Waals surface area contributed by atoms with Crippen molar-refractivity contribution in [2.45, 2.75) is 50.3 Å². The summed E-state index contributed by atoms with van der Waals surface area (Å²) in [5.41, 5.74) is 1.14. The summed E-state index contributed by atoms with van der Waals surface area (Å²) in [5, 5.41) is 0.198. The van der Waals surface area contributed by atoms with E-state index in [1.54, 1.807) is 0 Å². The predicted molar refractivity (Wildman–Crippen MR) is 70.9 cm³/mol. The summed E-state index contributed by atoms with van der Waals surface area (Å²) < 4.78 is 12.8. The zero-order valence-electron chi connectivity index (χ0n) is 10.2. The van der Waals surface area contributed by atoms with Gasteiger partial charge in [-0.25, -0.2) is 4.39 Å². The fraction of sp³-hybridized carbons (Fsp3) is 0.600. The van der Waals surface area contributed by atoms with Gasteiger partial charge >= 0.3 is 0 Å². The Morgan fingerprint density at radius 2 is 1.76 bits per heavy atom. The van der Waals surface area contributed by atoms with Crippen molar-refractivity contribution in [1.29, 1.82) is 0 Å². The van der Waals surface area contributed by atoms with Crippen LogP contribution in [0.15, 0.2) is 24.3 Å². The van der Waals surface area contributed by atoms with Crippen LogP contribution < -0.4 is 0 Å². The molecule has 0 saturated heterocycles. The highest BCUT2D eigenvalue weighted by Gasteiger charge is 2.17. The Labute approximate surface area is 108 Å². The Kier molecular flexibility index (Phi) is 4.85. The number of rotatable bonds is 4. The third-order valence-electron chi connectivity index (χ3n) is 3.68. The Morgan fingerprint density at radius 3 is 2.41 bits per heavy atom. The minimum Gasteiger partial charge on any atom is -0.207 e. The van der Waals surface area contributed by atoms with Crippen molar-refractivity contribution in [3.05, 3.63) is 35.6 Å². The molecule has 2 rings (SSSR count). The first kappa shape index (κ1) is 12.9. The maximum Gasteiger partial charge on any atom is 0.123 e. The molecule has 1 saturated carbocycles. The Bertz CT molecular complexity index is 327. The minimum absolute atomic E-state index is 0.174. The van der Waals surface area contributed by atoms with Gasteiger partial charge < -0.3 is 0 Å². The van der Waals surface area contributed by atoms with Gasteiger partial charge in [0.15, 0.2) is 0 Å². The molecule has 0 nitrogen and oxygen atoms in total. The van der Waals surface area contributed by atoms with Crippen LogP contribution in [0.1, 0.15) is 44.1 Å². The molecule has 1 atom stereocenters. The normalized spacial score (nSPS) is 19.2. The summed E-state index contributed by atoms with van der Waals surface area (Å²) in [5.74, 6) is 0.638. The van der Waals surface area contributed by atoms with Gasteiger partial charge in [0.2, 0.25) is 0 Å². The van der Waals surface area contributed by atoms with Gasteiger partial charge in [-0.1, -0.05) is 44.2 Å². The maximum atomic E-state index is 12.8. The van der Waals surface area contributed by atoms with Crippen molar-refractivity contribution in [3.63, 3.8) is 0 Å². The molecule has 0 amide bonds. The highest BCUT2D eigenvalue weighted by Crippen LogP contribution is 2.29. The van der Waals surface area contributed by atoms with Crippen LogP contribution in [0.25, 0.3) is 0 Å². The van der Waals surface area contributed by atoms with Crippen LogP contribution in [0.2, 0.25) is 0 Å². The fourth-order valence-corrected chi connectivity index (χ4v) is 3.17. The van der Waals surface area contributed by atoms with Crippen LogP contribution in [-0.2, 0) is 6.42 Å². The van der Waals surface area contributed by atoms with E-state index in [2.05, 4.69) is 0 Å². The molecule has 1 aromatic carbocycles. The lowest BCUT2D eigenvalue weighted by molar-refractivity contribution is 0.334. The van der Waals surface area contributed by atoms with Gasteiger partial charge in [0, 0.05) is 5.38 Å². The van der Waals surface area contributed by atoms with Crippen LogP contribution in [0.5, 0.6) is 0 Å². The fourth-order valence-electron chi connectivity index (χ4n) is 2.74. The first-order chi connectivity index (χ1) is 8.24. The van der Waals surface area contributed by atoms with Gasteiger partial charge in [0.25, 0.3) is 0 Å². The number of halogens is 2. The van der Waals surface area contributed by atoms with Gasteiger partial charge in [-0.2, -0.15) is 0 Å².